The van der Waals surface area contributed by atoms with Crippen LogP contribution in [0.1, 0.15) is 23.6 Å². The highest BCUT2D eigenvalue weighted by Gasteiger charge is 2.25. The van der Waals surface area contributed by atoms with Crippen LogP contribution in [0.3, 0.4) is 0 Å². The van der Waals surface area contributed by atoms with E-state index in [1.807, 2.05) is 43.0 Å². The van der Waals surface area contributed by atoms with Crippen LogP contribution in [0, 0.1) is 13.8 Å². The fraction of sp³-hybridized carbons (Fsp3) is 0.417. The minimum Gasteiger partial charge on any atom is -0.339 e. The van der Waals surface area contributed by atoms with Crippen molar-refractivity contribution in [2.45, 2.75) is 32.6 Å². The van der Waals surface area contributed by atoms with Gasteiger partial charge < -0.3 is 10.2 Å². The maximum absolute atomic E-state index is 12.8. The second-order valence-corrected chi connectivity index (χ2v) is 9.22. The van der Waals surface area contributed by atoms with Gasteiger partial charge in [0, 0.05) is 38.4 Å². The van der Waals surface area contributed by atoms with Gasteiger partial charge in [-0.25, -0.2) is 0 Å². The molecule has 1 saturated heterocycles. The second kappa shape index (κ2) is 10.6. The van der Waals surface area contributed by atoms with Crippen molar-refractivity contribution in [3.8, 4) is 0 Å². The van der Waals surface area contributed by atoms with Gasteiger partial charge >= 0.3 is 0 Å². The smallest absolute Gasteiger partial charge is 0.235 e. The predicted octanol–water partition coefficient (Wildman–Crippen LogP) is 3.71. The van der Waals surface area contributed by atoms with E-state index in [9.17, 15) is 9.59 Å². The van der Waals surface area contributed by atoms with Crippen molar-refractivity contribution in [3.05, 3.63) is 65.2 Å². The molecule has 1 fully saturated rings. The van der Waals surface area contributed by atoms with Crippen molar-refractivity contribution in [2.24, 2.45) is 0 Å². The Morgan fingerprint density at radius 2 is 1.67 bits per heavy atom. The number of nitrogens with one attached hydrogen (secondary N) is 1. The van der Waals surface area contributed by atoms with Gasteiger partial charge in [-0.1, -0.05) is 42.0 Å². The first-order chi connectivity index (χ1) is 14.4. The highest BCUT2D eigenvalue weighted by atomic mass is 32.2. The van der Waals surface area contributed by atoms with E-state index in [0.29, 0.717) is 0 Å². The van der Waals surface area contributed by atoms with E-state index >= 15 is 0 Å². The number of hydrogen-bond acceptors (Lipinski definition) is 4. The van der Waals surface area contributed by atoms with Gasteiger partial charge in [-0.15, -0.1) is 11.8 Å². The molecule has 1 aliphatic heterocycles. The van der Waals surface area contributed by atoms with Gasteiger partial charge in [-0.2, -0.15) is 0 Å². The van der Waals surface area contributed by atoms with Crippen molar-refractivity contribution >= 4 is 29.3 Å². The fourth-order valence-electron chi connectivity index (χ4n) is 3.52. The van der Waals surface area contributed by atoms with Gasteiger partial charge in [-0.3, -0.25) is 14.5 Å². The number of thioether (sulfide) groups is 1. The normalized spacial score (nSPS) is 15.6. The molecule has 1 N–H and O–H groups in total. The lowest BCUT2D eigenvalue weighted by atomic mass is 10.1. The third kappa shape index (κ3) is 6.34. The number of piperazine rings is 1. The van der Waals surface area contributed by atoms with Crippen LogP contribution in [0.4, 0.5) is 5.69 Å². The van der Waals surface area contributed by atoms with Gasteiger partial charge in [0.25, 0.3) is 0 Å². The van der Waals surface area contributed by atoms with E-state index in [2.05, 4.69) is 41.4 Å². The maximum Gasteiger partial charge on any atom is 0.235 e. The third-order valence-electron chi connectivity index (χ3n) is 5.49. The molecule has 2 aromatic rings. The third-order valence-corrected chi connectivity index (χ3v) is 6.62. The molecule has 2 amide bonds. The molecule has 2 aromatic carbocycles. The zero-order chi connectivity index (χ0) is 21.5. The monoisotopic (exact) mass is 425 g/mol. The van der Waals surface area contributed by atoms with Crippen LogP contribution in [0.5, 0.6) is 0 Å². The molecular formula is C24H31N3O2S. The number of nitrogens with zero attached hydrogens (tertiary/aromatic N) is 2. The number of aryl methyl sites for hydroxylation is 2. The molecule has 0 radical (unpaired) electrons. The molecular weight excluding hydrogens is 394 g/mol. The van der Waals surface area contributed by atoms with E-state index in [4.69, 9.17) is 0 Å². The Bertz CT molecular complexity index is 861. The molecule has 5 nitrogen and oxygen atoms in total. The molecule has 1 atom stereocenters. The fourth-order valence-corrected chi connectivity index (χ4v) is 4.28. The summed E-state index contributed by atoms with van der Waals surface area (Å²) in [5.74, 6) is 0.318. The first-order valence-electron chi connectivity index (χ1n) is 10.5. The summed E-state index contributed by atoms with van der Waals surface area (Å²) in [7, 11) is 0. The number of anilines is 1. The first-order valence-corrected chi connectivity index (χ1v) is 11.5. The number of carbonyl (C=O) groups is 2. The van der Waals surface area contributed by atoms with Crippen LogP contribution < -0.4 is 5.32 Å². The molecule has 0 unspecified atom stereocenters. The maximum atomic E-state index is 12.8. The van der Waals surface area contributed by atoms with Gasteiger partial charge in [0.2, 0.25) is 11.8 Å². The zero-order valence-corrected chi connectivity index (χ0v) is 18.9. The van der Waals surface area contributed by atoms with Crippen LogP contribution in [-0.4, -0.2) is 58.8 Å². The van der Waals surface area contributed by atoms with Crippen molar-refractivity contribution in [1.29, 1.82) is 0 Å². The minimum absolute atomic E-state index is 0.0773. The number of amides is 2. The summed E-state index contributed by atoms with van der Waals surface area (Å²) in [5, 5.41) is 2.66. The van der Waals surface area contributed by atoms with Crippen molar-refractivity contribution < 1.29 is 9.59 Å². The molecule has 30 heavy (non-hydrogen) atoms. The van der Waals surface area contributed by atoms with Gasteiger partial charge in [0.15, 0.2) is 0 Å². The molecule has 1 aliphatic rings. The predicted molar refractivity (Wildman–Crippen MR) is 125 cm³/mol. The van der Waals surface area contributed by atoms with Crippen molar-refractivity contribution in [2.75, 3.05) is 37.2 Å². The molecule has 0 bridgehead atoms. The van der Waals surface area contributed by atoms with Crippen molar-refractivity contribution in [3.63, 3.8) is 0 Å². The Morgan fingerprint density at radius 3 is 2.33 bits per heavy atom. The lowest BCUT2D eigenvalue weighted by Crippen LogP contribution is -2.50. The summed E-state index contributed by atoms with van der Waals surface area (Å²) in [6.07, 6.45) is 0. The van der Waals surface area contributed by atoms with Gasteiger partial charge in [0.1, 0.15) is 0 Å². The summed E-state index contributed by atoms with van der Waals surface area (Å²) in [4.78, 5) is 29.3. The molecule has 0 aliphatic carbocycles. The summed E-state index contributed by atoms with van der Waals surface area (Å²) in [6, 6.07) is 16.2. The Hall–Kier alpha value is -2.31. The van der Waals surface area contributed by atoms with Crippen LogP contribution >= 0.6 is 11.8 Å². The molecule has 1 heterocycles. The van der Waals surface area contributed by atoms with Crippen LogP contribution in [0.25, 0.3) is 0 Å². The lowest BCUT2D eigenvalue weighted by molar-refractivity contribution is -0.132. The number of hydrogen-bond donors (Lipinski definition) is 1. The number of rotatable bonds is 7. The van der Waals surface area contributed by atoms with E-state index in [-0.39, 0.29) is 22.8 Å². The molecule has 160 valence electrons. The Kier molecular flexibility index (Phi) is 7.94. The van der Waals surface area contributed by atoms with Crippen molar-refractivity contribution in [1.82, 2.24) is 9.80 Å². The second-order valence-electron chi connectivity index (χ2n) is 7.90. The molecule has 0 spiro atoms. The molecule has 6 heteroatoms. The minimum atomic E-state index is -0.225. The molecule has 0 saturated carbocycles. The summed E-state index contributed by atoms with van der Waals surface area (Å²) >= 11 is 1.40. The first kappa shape index (κ1) is 22.4. The highest BCUT2D eigenvalue weighted by molar-refractivity contribution is 8.01. The molecule has 0 aromatic heterocycles. The Labute approximate surface area is 183 Å². The topological polar surface area (TPSA) is 52.7 Å². The quantitative estimate of drug-likeness (QED) is 0.735. The van der Waals surface area contributed by atoms with E-state index in [0.717, 1.165) is 44.0 Å². The van der Waals surface area contributed by atoms with E-state index < -0.39 is 0 Å². The van der Waals surface area contributed by atoms with Gasteiger partial charge in [-0.05, 0) is 44.0 Å². The van der Waals surface area contributed by atoms with Crippen LogP contribution in [0.2, 0.25) is 0 Å². The lowest BCUT2D eigenvalue weighted by Gasteiger charge is -2.36. The summed E-state index contributed by atoms with van der Waals surface area (Å²) in [5.41, 5.74) is 4.60. The van der Waals surface area contributed by atoms with Gasteiger partial charge in [0.05, 0.1) is 11.0 Å². The van der Waals surface area contributed by atoms with Crippen LogP contribution in [-0.2, 0) is 16.1 Å². The zero-order valence-electron chi connectivity index (χ0n) is 18.1. The summed E-state index contributed by atoms with van der Waals surface area (Å²) < 4.78 is 0. The van der Waals surface area contributed by atoms with Crippen LogP contribution in [0.15, 0.2) is 48.5 Å². The number of benzene rings is 2. The SMILES string of the molecule is Cc1ccc(NC(=O)CS[C@H](C)C(=O)N2CCN(Cc3ccccc3C)CC2)cc1. The average molecular weight is 426 g/mol. The van der Waals surface area contributed by atoms with E-state index in [1.165, 1.54) is 22.9 Å². The molecule has 3 rings (SSSR count). The highest BCUT2D eigenvalue weighted by Crippen LogP contribution is 2.18. The largest absolute Gasteiger partial charge is 0.339 e. The average Bonchev–Trinajstić information content (AvgIpc) is 2.75. The van der Waals surface area contributed by atoms with E-state index in [1.54, 1.807) is 0 Å². The number of carbonyl (C=O) groups excluding carboxylic acids is 2. The Morgan fingerprint density at radius 1 is 1.00 bits per heavy atom. The Balaban J connectivity index is 1.40. The summed E-state index contributed by atoms with van der Waals surface area (Å²) in [6.45, 7) is 10.2. The standard InChI is InChI=1S/C24H31N3O2S/c1-18-8-10-22(11-9-18)25-23(28)17-30-20(3)24(29)27-14-12-26(13-15-27)16-21-7-5-4-6-19(21)2/h4-11,20H,12-17H2,1-3H3,(H,25,28)/t20-/m1/s1.